The molecule has 0 aromatic heterocycles. The Labute approximate surface area is 165 Å². The second kappa shape index (κ2) is 9.13. The van der Waals surface area contributed by atoms with E-state index >= 15 is 0 Å². The van der Waals surface area contributed by atoms with Gasteiger partial charge < -0.3 is 10.1 Å². The minimum absolute atomic E-state index is 0.0174. The van der Waals surface area contributed by atoms with Gasteiger partial charge in [0.25, 0.3) is 0 Å². The number of benzene rings is 1. The first kappa shape index (κ1) is 20.2. The molecule has 2 bridgehead atoms. The molecule has 1 amide bonds. The quantitative estimate of drug-likeness (QED) is 0.573. The van der Waals surface area contributed by atoms with E-state index in [0.29, 0.717) is 36.3 Å². The number of hydrogen-bond acceptors (Lipinski definition) is 5. The molecule has 0 aliphatic heterocycles. The van der Waals surface area contributed by atoms with Crippen LogP contribution < -0.4 is 5.32 Å². The zero-order valence-corrected chi connectivity index (χ0v) is 16.2. The minimum Gasteiger partial charge on any atom is -0.457 e. The maximum Gasteiger partial charge on any atom is 0.309 e. The average molecular weight is 385 g/mol. The number of anilines is 1. The highest BCUT2D eigenvalue weighted by atomic mass is 16.5. The first-order chi connectivity index (χ1) is 13.5. The number of rotatable bonds is 7. The maximum absolute atomic E-state index is 12.4. The van der Waals surface area contributed by atoms with E-state index in [2.05, 4.69) is 5.32 Å². The van der Waals surface area contributed by atoms with Crippen LogP contribution in [-0.2, 0) is 19.1 Å². The zero-order valence-electron chi connectivity index (χ0n) is 16.2. The van der Waals surface area contributed by atoms with Crippen LogP contribution in [-0.4, -0.2) is 30.0 Å². The number of fused-ring (bicyclic) bond motifs is 2. The topological polar surface area (TPSA) is 89.5 Å². The summed E-state index contributed by atoms with van der Waals surface area (Å²) in [5.74, 6) is -0.735. The molecule has 3 rings (SSSR count). The van der Waals surface area contributed by atoms with Crippen LogP contribution in [0.25, 0.3) is 0 Å². The van der Waals surface area contributed by atoms with Gasteiger partial charge in [0, 0.05) is 29.5 Å². The molecule has 150 valence electrons. The molecule has 6 nitrogen and oxygen atoms in total. The number of amides is 1. The summed E-state index contributed by atoms with van der Waals surface area (Å²) >= 11 is 0. The first-order valence-electron chi connectivity index (χ1n) is 10.1. The van der Waals surface area contributed by atoms with E-state index in [-0.39, 0.29) is 42.0 Å². The summed E-state index contributed by atoms with van der Waals surface area (Å²) in [7, 11) is 0. The molecule has 0 spiro atoms. The van der Waals surface area contributed by atoms with Crippen molar-refractivity contribution in [1.29, 1.82) is 0 Å². The third-order valence-electron chi connectivity index (χ3n) is 5.69. The Kier molecular flexibility index (Phi) is 6.60. The Morgan fingerprint density at radius 1 is 1.07 bits per heavy atom. The molecular formula is C22H27NO5. The standard InChI is InChI=1S/C22H27NO5/c1-2-4-20(25)23-18-9-7-14(8-10-18)19(24)13-28-22(27)17-11-15-5-3-6-16(12-17)21(15)26/h7-10,15-17H,2-6,11-13H2,1H3,(H,23,25)/t15-,16+,17?. The molecule has 28 heavy (non-hydrogen) atoms. The maximum atomic E-state index is 12.4. The van der Waals surface area contributed by atoms with Crippen LogP contribution in [0, 0.1) is 17.8 Å². The summed E-state index contributed by atoms with van der Waals surface area (Å²) in [5, 5.41) is 2.76. The van der Waals surface area contributed by atoms with Crippen molar-refractivity contribution >= 4 is 29.1 Å². The fourth-order valence-corrected chi connectivity index (χ4v) is 4.20. The summed E-state index contributed by atoms with van der Waals surface area (Å²) in [6.45, 7) is 1.63. The highest BCUT2D eigenvalue weighted by molar-refractivity contribution is 5.99. The van der Waals surface area contributed by atoms with Crippen LogP contribution in [0.3, 0.4) is 0 Å². The molecule has 2 fully saturated rings. The Morgan fingerprint density at radius 3 is 2.32 bits per heavy atom. The molecule has 2 saturated carbocycles. The highest BCUT2D eigenvalue weighted by Gasteiger charge is 2.41. The second-order valence-electron chi connectivity index (χ2n) is 7.80. The second-order valence-corrected chi connectivity index (χ2v) is 7.80. The van der Waals surface area contributed by atoms with Gasteiger partial charge >= 0.3 is 5.97 Å². The van der Waals surface area contributed by atoms with E-state index in [1.54, 1.807) is 24.3 Å². The Bertz CT molecular complexity index is 739. The number of nitrogens with one attached hydrogen (secondary N) is 1. The van der Waals surface area contributed by atoms with Gasteiger partial charge in [0.1, 0.15) is 5.78 Å². The number of carbonyl (C=O) groups excluding carboxylic acids is 4. The molecular weight excluding hydrogens is 358 g/mol. The van der Waals surface area contributed by atoms with E-state index in [4.69, 9.17) is 4.74 Å². The van der Waals surface area contributed by atoms with Crippen molar-refractivity contribution in [2.75, 3.05) is 11.9 Å². The van der Waals surface area contributed by atoms with Crippen molar-refractivity contribution in [3.63, 3.8) is 0 Å². The lowest BCUT2D eigenvalue weighted by molar-refractivity contribution is -0.152. The molecule has 3 atom stereocenters. The fraction of sp³-hybridized carbons (Fsp3) is 0.545. The van der Waals surface area contributed by atoms with Crippen molar-refractivity contribution in [3.8, 4) is 0 Å². The van der Waals surface area contributed by atoms with E-state index in [0.717, 1.165) is 25.7 Å². The number of hydrogen-bond donors (Lipinski definition) is 1. The van der Waals surface area contributed by atoms with E-state index in [9.17, 15) is 19.2 Å². The fourth-order valence-electron chi connectivity index (χ4n) is 4.20. The summed E-state index contributed by atoms with van der Waals surface area (Å²) in [6.07, 6.45) is 5.09. The summed E-state index contributed by atoms with van der Waals surface area (Å²) in [5.41, 5.74) is 1.06. The molecule has 0 radical (unpaired) electrons. The number of esters is 1. The smallest absolute Gasteiger partial charge is 0.309 e. The third kappa shape index (κ3) is 4.86. The Hall–Kier alpha value is -2.50. The SMILES string of the molecule is CCCC(=O)Nc1ccc(C(=O)COC(=O)C2C[C@H]3CCC[C@@H](C2)C3=O)cc1. The van der Waals surface area contributed by atoms with Crippen LogP contribution in [0.15, 0.2) is 24.3 Å². The predicted molar refractivity (Wildman–Crippen MR) is 104 cm³/mol. The minimum atomic E-state index is -0.374. The van der Waals surface area contributed by atoms with Crippen LogP contribution in [0.5, 0.6) is 0 Å². The average Bonchev–Trinajstić information content (AvgIpc) is 2.66. The monoisotopic (exact) mass is 385 g/mol. The van der Waals surface area contributed by atoms with Crippen LogP contribution in [0.4, 0.5) is 5.69 Å². The van der Waals surface area contributed by atoms with Crippen molar-refractivity contribution in [2.24, 2.45) is 17.8 Å². The Morgan fingerprint density at radius 2 is 1.71 bits per heavy atom. The van der Waals surface area contributed by atoms with Crippen LogP contribution in [0.2, 0.25) is 0 Å². The van der Waals surface area contributed by atoms with Gasteiger partial charge in [0.2, 0.25) is 5.91 Å². The Balaban J connectivity index is 1.49. The van der Waals surface area contributed by atoms with Crippen molar-refractivity contribution in [2.45, 2.75) is 51.9 Å². The molecule has 6 heteroatoms. The van der Waals surface area contributed by atoms with Crippen molar-refractivity contribution in [3.05, 3.63) is 29.8 Å². The highest BCUT2D eigenvalue weighted by Crippen LogP contribution is 2.40. The largest absolute Gasteiger partial charge is 0.457 e. The molecule has 2 aliphatic carbocycles. The lowest BCUT2D eigenvalue weighted by atomic mass is 9.67. The van der Waals surface area contributed by atoms with Gasteiger partial charge in [-0.2, -0.15) is 0 Å². The molecule has 1 N–H and O–H groups in total. The van der Waals surface area contributed by atoms with Gasteiger partial charge in [-0.15, -0.1) is 0 Å². The van der Waals surface area contributed by atoms with E-state index < -0.39 is 0 Å². The van der Waals surface area contributed by atoms with Gasteiger partial charge in [-0.25, -0.2) is 0 Å². The number of ketones is 2. The molecule has 0 heterocycles. The van der Waals surface area contributed by atoms with E-state index in [1.807, 2.05) is 6.92 Å². The third-order valence-corrected chi connectivity index (χ3v) is 5.69. The lowest BCUT2D eigenvalue weighted by Gasteiger charge is -2.36. The normalized spacial score (nSPS) is 23.8. The van der Waals surface area contributed by atoms with Crippen molar-refractivity contribution in [1.82, 2.24) is 0 Å². The van der Waals surface area contributed by atoms with Gasteiger partial charge in [0.15, 0.2) is 12.4 Å². The summed E-state index contributed by atoms with van der Waals surface area (Å²) in [6, 6.07) is 6.55. The van der Waals surface area contributed by atoms with Crippen molar-refractivity contribution < 1.29 is 23.9 Å². The van der Waals surface area contributed by atoms with Gasteiger partial charge in [-0.05, 0) is 56.4 Å². The lowest BCUT2D eigenvalue weighted by Crippen LogP contribution is -2.39. The number of ether oxygens (including phenoxy) is 1. The molecule has 1 aromatic carbocycles. The van der Waals surface area contributed by atoms with Gasteiger partial charge in [0.05, 0.1) is 5.92 Å². The van der Waals surface area contributed by atoms with Gasteiger partial charge in [-0.3, -0.25) is 19.2 Å². The first-order valence-corrected chi connectivity index (χ1v) is 10.1. The molecule has 1 aromatic rings. The molecule has 2 aliphatic rings. The number of carbonyl (C=O) groups is 4. The molecule has 0 saturated heterocycles. The zero-order chi connectivity index (χ0) is 20.1. The molecule has 1 unspecified atom stereocenters. The number of Topliss-reactive ketones (excluding diaryl/α,β-unsaturated/α-hetero) is 2. The summed E-state index contributed by atoms with van der Waals surface area (Å²) in [4.78, 5) is 48.4. The van der Waals surface area contributed by atoms with Crippen LogP contribution in [0.1, 0.15) is 62.2 Å². The summed E-state index contributed by atoms with van der Waals surface area (Å²) < 4.78 is 5.26. The van der Waals surface area contributed by atoms with Crippen LogP contribution >= 0.6 is 0 Å². The van der Waals surface area contributed by atoms with E-state index in [1.165, 1.54) is 0 Å². The predicted octanol–water partition coefficient (Wildman–Crippen LogP) is 3.55. The van der Waals surface area contributed by atoms with Gasteiger partial charge in [-0.1, -0.05) is 13.3 Å².